The van der Waals surface area contributed by atoms with Gasteiger partial charge in [0.05, 0.1) is 23.2 Å². The molecular formula is C31H35ClFN5O5S. The van der Waals surface area contributed by atoms with Crippen LogP contribution in [-0.4, -0.2) is 76.5 Å². The number of hydrogen-bond donors (Lipinski definition) is 1. The number of urea groups is 1. The van der Waals surface area contributed by atoms with Gasteiger partial charge < -0.3 is 19.9 Å². The van der Waals surface area contributed by atoms with Gasteiger partial charge in [-0.05, 0) is 62.3 Å². The fourth-order valence-corrected chi connectivity index (χ4v) is 6.60. The summed E-state index contributed by atoms with van der Waals surface area (Å²) in [4.78, 5) is 58.1. The smallest absolute Gasteiger partial charge is 0.331 e. The number of nitrogens with zero attached hydrogens (tertiary/aromatic N) is 4. The van der Waals surface area contributed by atoms with Gasteiger partial charge in [0, 0.05) is 55.1 Å². The predicted molar refractivity (Wildman–Crippen MR) is 169 cm³/mol. The van der Waals surface area contributed by atoms with Crippen molar-refractivity contribution in [3.63, 3.8) is 0 Å². The van der Waals surface area contributed by atoms with Crippen molar-refractivity contribution in [3.8, 4) is 11.1 Å². The molecule has 3 heterocycles. The Kier molecular flexibility index (Phi) is 9.81. The van der Waals surface area contributed by atoms with E-state index in [9.17, 15) is 23.6 Å². The monoisotopic (exact) mass is 643 g/mol. The molecule has 2 aliphatic rings. The maximum atomic E-state index is 14.3. The fourth-order valence-electron chi connectivity index (χ4n) is 5.91. The molecule has 1 N–H and O–H groups in total. The molecule has 1 fully saturated rings. The summed E-state index contributed by atoms with van der Waals surface area (Å²) in [5.74, 6) is -1.01. The molecule has 0 aliphatic carbocycles. The number of halogens is 2. The second-order valence-electron chi connectivity index (χ2n) is 11.0. The van der Waals surface area contributed by atoms with E-state index in [1.807, 2.05) is 23.3 Å². The highest BCUT2D eigenvalue weighted by molar-refractivity contribution is 7.98. The quantitative estimate of drug-likeness (QED) is 0.363. The Morgan fingerprint density at radius 1 is 1.14 bits per heavy atom. The molecule has 1 unspecified atom stereocenters. The molecule has 44 heavy (non-hydrogen) atoms. The Hall–Kier alpha value is -3.61. The number of fused-ring (bicyclic) bond motifs is 1. The highest BCUT2D eigenvalue weighted by Gasteiger charge is 2.32. The Balaban J connectivity index is 1.32. The minimum Gasteiger partial charge on any atom is -0.383 e. The summed E-state index contributed by atoms with van der Waals surface area (Å²) in [5.41, 5.74) is 0.726. The molecule has 5 rings (SSSR count). The largest absolute Gasteiger partial charge is 0.383 e. The second kappa shape index (κ2) is 13.6. The molecule has 0 radical (unpaired) electrons. The van der Waals surface area contributed by atoms with Gasteiger partial charge in [0.15, 0.2) is 0 Å². The van der Waals surface area contributed by atoms with Crippen molar-refractivity contribution in [1.29, 1.82) is 0 Å². The lowest BCUT2D eigenvalue weighted by Crippen LogP contribution is -2.51. The molecule has 1 aromatic heterocycles. The van der Waals surface area contributed by atoms with E-state index in [2.05, 4.69) is 11.4 Å². The van der Waals surface area contributed by atoms with Gasteiger partial charge in [-0.25, -0.2) is 14.0 Å². The first-order chi connectivity index (χ1) is 21.1. The summed E-state index contributed by atoms with van der Waals surface area (Å²) in [5, 5.41) is 2.79. The molecule has 234 valence electrons. The topological polar surface area (TPSA) is 106 Å². The zero-order chi connectivity index (χ0) is 31.5. The molecule has 3 aromatic rings. The minimum atomic E-state index is -0.705. The Morgan fingerprint density at radius 3 is 2.59 bits per heavy atom. The fraction of sp³-hybridized carbons (Fsp3) is 0.419. The number of thioether (sulfide) groups is 1. The summed E-state index contributed by atoms with van der Waals surface area (Å²) in [6, 6.07) is 9.32. The molecule has 0 saturated carbocycles. The second-order valence-corrected chi connectivity index (χ2v) is 12.3. The summed E-state index contributed by atoms with van der Waals surface area (Å²) in [6.07, 6.45) is 5.21. The van der Waals surface area contributed by atoms with Crippen LogP contribution in [0.15, 0.2) is 57.1 Å². The maximum Gasteiger partial charge on any atom is 0.331 e. The number of carbonyl (C=O) groups excluding carboxylic acids is 2. The van der Waals surface area contributed by atoms with Gasteiger partial charge in [-0.15, -0.1) is 11.8 Å². The van der Waals surface area contributed by atoms with Gasteiger partial charge >= 0.3 is 11.7 Å². The molecule has 13 heteroatoms. The molecule has 10 nitrogen and oxygen atoms in total. The Labute approximate surface area is 263 Å². The predicted octanol–water partition coefficient (Wildman–Crippen LogP) is 4.48. The van der Waals surface area contributed by atoms with Crippen LogP contribution in [0.1, 0.15) is 31.4 Å². The van der Waals surface area contributed by atoms with Crippen molar-refractivity contribution >= 4 is 41.0 Å². The first-order valence-corrected chi connectivity index (χ1v) is 16.0. The highest BCUT2D eigenvalue weighted by Crippen LogP contribution is 2.29. The number of aromatic nitrogens is 2. The summed E-state index contributed by atoms with van der Waals surface area (Å²) in [7, 11) is 1.45. The molecule has 1 saturated heterocycles. The van der Waals surface area contributed by atoms with Crippen molar-refractivity contribution < 1.29 is 18.7 Å². The van der Waals surface area contributed by atoms with Crippen molar-refractivity contribution in [2.75, 3.05) is 44.9 Å². The average molecular weight is 644 g/mol. The van der Waals surface area contributed by atoms with Crippen LogP contribution in [0.5, 0.6) is 0 Å². The van der Waals surface area contributed by atoms with E-state index in [0.29, 0.717) is 32.5 Å². The number of likely N-dealkylation sites (tertiary alicyclic amines) is 1. The van der Waals surface area contributed by atoms with Crippen LogP contribution < -0.4 is 16.6 Å². The summed E-state index contributed by atoms with van der Waals surface area (Å²) >= 11 is 7.87. The molecular weight excluding hydrogens is 609 g/mol. The van der Waals surface area contributed by atoms with Gasteiger partial charge in [-0.3, -0.25) is 18.7 Å². The number of methoxy groups -OCH3 is 1. The third kappa shape index (κ3) is 6.43. The lowest BCUT2D eigenvalue weighted by Gasteiger charge is -2.38. The van der Waals surface area contributed by atoms with E-state index in [-0.39, 0.29) is 47.3 Å². The number of rotatable bonds is 8. The van der Waals surface area contributed by atoms with E-state index in [1.54, 1.807) is 23.6 Å². The third-order valence-electron chi connectivity index (χ3n) is 8.28. The minimum absolute atomic E-state index is 0.00128. The number of ether oxygens (including phenoxy) is 1. The maximum absolute atomic E-state index is 14.3. The molecule has 0 spiro atoms. The van der Waals surface area contributed by atoms with Crippen LogP contribution in [0.3, 0.4) is 0 Å². The van der Waals surface area contributed by atoms with Gasteiger partial charge in [0.25, 0.3) is 5.56 Å². The number of amides is 3. The van der Waals surface area contributed by atoms with Crippen LogP contribution in [-0.2, 0) is 22.5 Å². The number of carbonyl (C=O) groups is 2. The van der Waals surface area contributed by atoms with Gasteiger partial charge in [0.1, 0.15) is 12.4 Å². The number of benzene rings is 2. The van der Waals surface area contributed by atoms with E-state index in [1.165, 1.54) is 36.1 Å². The SMILES string of the molecule is COCC(C)n1c(=O)c(-c2cccc(F)c2Cl)cn(CC(=O)N2CCC(N3CCc4cc(SC)ccc4NC3=O)CC2)c1=O. The summed E-state index contributed by atoms with van der Waals surface area (Å²) in [6.45, 7) is 2.81. The van der Waals surface area contributed by atoms with Crippen LogP contribution >= 0.6 is 23.4 Å². The van der Waals surface area contributed by atoms with Gasteiger partial charge in [-0.2, -0.15) is 0 Å². The van der Waals surface area contributed by atoms with Gasteiger partial charge in [0.2, 0.25) is 5.91 Å². The first-order valence-electron chi connectivity index (χ1n) is 14.4. The van der Waals surface area contributed by atoms with Gasteiger partial charge in [-0.1, -0.05) is 23.7 Å². The number of nitrogens with one attached hydrogen (secondary N) is 1. The lowest BCUT2D eigenvalue weighted by molar-refractivity contribution is -0.133. The zero-order valence-electron chi connectivity index (χ0n) is 24.8. The highest BCUT2D eigenvalue weighted by atomic mass is 35.5. The standard InChI is InChI=1S/C31H35ClFN5O5S/c1-19(18-43-2)38-29(40)24(23-5-4-6-25(33)28(23)32)16-36(31(38)42)17-27(39)35-12-10-21(11-13-35)37-14-9-20-15-22(44-3)7-8-26(20)34-30(37)41/h4-8,15-16,19,21H,9-14,17-18H2,1-3H3,(H,34,41). The van der Waals surface area contributed by atoms with Crippen molar-refractivity contribution in [2.45, 2.75) is 49.7 Å². The zero-order valence-corrected chi connectivity index (χ0v) is 26.4. The molecule has 3 amide bonds. The molecule has 1 atom stereocenters. The van der Waals surface area contributed by atoms with Crippen molar-refractivity contribution in [2.24, 2.45) is 0 Å². The average Bonchev–Trinajstić information content (AvgIpc) is 3.17. The number of hydrogen-bond acceptors (Lipinski definition) is 6. The van der Waals surface area contributed by atoms with Crippen LogP contribution in [0, 0.1) is 5.82 Å². The normalized spacial score (nSPS) is 16.3. The molecule has 2 aromatic carbocycles. The molecule has 2 aliphatic heterocycles. The third-order valence-corrected chi connectivity index (χ3v) is 9.39. The first kappa shape index (κ1) is 31.8. The van der Waals surface area contributed by atoms with E-state index >= 15 is 0 Å². The lowest BCUT2D eigenvalue weighted by atomic mass is 10.0. The Bertz CT molecular complexity index is 1690. The molecule has 0 bridgehead atoms. The van der Waals surface area contributed by atoms with Crippen LogP contribution in [0.4, 0.5) is 14.9 Å². The Morgan fingerprint density at radius 2 is 1.89 bits per heavy atom. The van der Waals surface area contributed by atoms with E-state index in [4.69, 9.17) is 16.3 Å². The summed E-state index contributed by atoms with van der Waals surface area (Å²) < 4.78 is 21.7. The van der Waals surface area contributed by atoms with Crippen LogP contribution in [0.2, 0.25) is 5.02 Å². The number of piperidine rings is 1. The van der Waals surface area contributed by atoms with E-state index < -0.39 is 23.1 Å². The van der Waals surface area contributed by atoms with Crippen molar-refractivity contribution in [3.05, 3.63) is 79.8 Å². The number of anilines is 1. The van der Waals surface area contributed by atoms with Crippen LogP contribution in [0.25, 0.3) is 11.1 Å². The van der Waals surface area contributed by atoms with Crippen molar-refractivity contribution in [1.82, 2.24) is 18.9 Å². The van der Waals surface area contributed by atoms with E-state index in [0.717, 1.165) is 27.1 Å².